The van der Waals surface area contributed by atoms with E-state index in [1.165, 1.54) is 0 Å². The van der Waals surface area contributed by atoms with Crippen molar-refractivity contribution in [2.24, 2.45) is 0 Å². The number of carbonyl (C=O) groups excluding carboxylic acids is 1. The smallest absolute Gasteiger partial charge is 0.234 e. The van der Waals surface area contributed by atoms with Crippen LogP contribution in [0.4, 0.5) is 17.2 Å². The lowest BCUT2D eigenvalue weighted by atomic mass is 9.81. The van der Waals surface area contributed by atoms with Gasteiger partial charge in [0.2, 0.25) is 5.91 Å². The Labute approximate surface area is 213 Å². The Morgan fingerprint density at radius 2 is 1.86 bits per heavy atom. The van der Waals surface area contributed by atoms with E-state index in [2.05, 4.69) is 31.2 Å². The average Bonchev–Trinajstić information content (AvgIpc) is 2.85. The van der Waals surface area contributed by atoms with Gasteiger partial charge in [-0.15, -0.1) is 0 Å². The van der Waals surface area contributed by atoms with Gasteiger partial charge in [-0.25, -0.2) is 4.98 Å². The first-order valence-electron chi connectivity index (χ1n) is 12.3. The number of nitrogen functional groups attached to an aromatic ring is 1. The van der Waals surface area contributed by atoms with Crippen molar-refractivity contribution in [3.05, 3.63) is 66.1 Å². The lowest BCUT2D eigenvalue weighted by Crippen LogP contribution is -2.36. The maximum absolute atomic E-state index is 13.4. The molecule has 8 nitrogen and oxygen atoms in total. The summed E-state index contributed by atoms with van der Waals surface area (Å²) < 4.78 is 0. The number of hydrogen-bond donors (Lipinski definition) is 3. The van der Waals surface area contributed by atoms with E-state index in [4.69, 9.17) is 5.73 Å². The minimum absolute atomic E-state index is 0.165. The molecular weight excluding hydrogens is 452 g/mol. The first-order chi connectivity index (χ1) is 17.1. The fourth-order valence-electron chi connectivity index (χ4n) is 4.53. The lowest BCUT2D eigenvalue weighted by molar-refractivity contribution is -0.120. The number of aromatic nitrogens is 2. The van der Waals surface area contributed by atoms with Gasteiger partial charge in [0, 0.05) is 43.3 Å². The summed E-state index contributed by atoms with van der Waals surface area (Å²) in [5.41, 5.74) is 10.5. The molecule has 0 bridgehead atoms. The van der Waals surface area contributed by atoms with Crippen LogP contribution in [0.2, 0.25) is 0 Å². The summed E-state index contributed by atoms with van der Waals surface area (Å²) in [4.78, 5) is 26.6. The summed E-state index contributed by atoms with van der Waals surface area (Å²) in [6.45, 7) is 6.09. The third-order valence-corrected chi connectivity index (χ3v) is 6.72. The zero-order valence-electron chi connectivity index (χ0n) is 21.5. The molecule has 0 unspecified atom stereocenters. The number of aliphatic hydroxyl groups excluding tert-OH is 1. The van der Waals surface area contributed by atoms with Gasteiger partial charge in [-0.2, -0.15) is 0 Å². The van der Waals surface area contributed by atoms with E-state index < -0.39 is 5.41 Å². The minimum atomic E-state index is -0.879. The molecule has 3 aromatic rings. The van der Waals surface area contributed by atoms with Gasteiger partial charge in [-0.3, -0.25) is 9.78 Å². The lowest BCUT2D eigenvalue weighted by Gasteiger charge is -2.30. The van der Waals surface area contributed by atoms with Crippen LogP contribution in [0.1, 0.15) is 37.8 Å². The number of benzene rings is 1. The number of carbonyl (C=O) groups is 1. The average molecular weight is 489 g/mol. The molecule has 3 heterocycles. The molecular formula is C28H36N6O2. The van der Waals surface area contributed by atoms with E-state index in [0.717, 1.165) is 60.5 Å². The predicted molar refractivity (Wildman–Crippen MR) is 145 cm³/mol. The molecule has 0 radical (unpaired) electrons. The second-order valence-corrected chi connectivity index (χ2v) is 10.3. The van der Waals surface area contributed by atoms with Gasteiger partial charge in [0.05, 0.1) is 23.4 Å². The van der Waals surface area contributed by atoms with E-state index >= 15 is 0 Å². The predicted octanol–water partition coefficient (Wildman–Crippen LogP) is 3.66. The van der Waals surface area contributed by atoms with Crippen molar-refractivity contribution in [3.63, 3.8) is 0 Å². The number of hydrogen-bond acceptors (Lipinski definition) is 7. The molecule has 2 aromatic heterocycles. The van der Waals surface area contributed by atoms with Crippen molar-refractivity contribution in [2.45, 2.75) is 44.8 Å². The highest BCUT2D eigenvalue weighted by Gasteiger charge is 2.32. The Kier molecular flexibility index (Phi) is 7.56. The van der Waals surface area contributed by atoms with Crippen LogP contribution < -0.4 is 16.0 Å². The van der Waals surface area contributed by atoms with Gasteiger partial charge in [0.15, 0.2) is 0 Å². The Bertz CT molecular complexity index is 1200. The van der Waals surface area contributed by atoms with Crippen molar-refractivity contribution < 1.29 is 9.90 Å². The largest absolute Gasteiger partial charge is 0.398 e. The van der Waals surface area contributed by atoms with Crippen LogP contribution >= 0.6 is 0 Å². The number of aliphatic hydroxyl groups is 1. The zero-order valence-corrected chi connectivity index (χ0v) is 21.5. The van der Waals surface area contributed by atoms with Crippen LogP contribution in [0.25, 0.3) is 11.1 Å². The number of nitrogens with one attached hydrogen (secondary N) is 1. The molecule has 0 aliphatic carbocycles. The SMILES string of the molecule is CN(C)Cc1cncc(-c2ccc(N)c(C(C)(C)C(=O)Nc3ccc(N4CCC(O)CC4)nc3)c2)c1. The first-order valence-corrected chi connectivity index (χ1v) is 12.3. The van der Waals surface area contributed by atoms with Crippen LogP contribution in [0.15, 0.2) is 55.0 Å². The third-order valence-electron chi connectivity index (χ3n) is 6.72. The zero-order chi connectivity index (χ0) is 25.9. The molecule has 1 aliphatic rings. The topological polar surface area (TPSA) is 108 Å². The number of nitrogens with zero attached hydrogens (tertiary/aromatic N) is 4. The van der Waals surface area contributed by atoms with E-state index in [0.29, 0.717) is 11.4 Å². The monoisotopic (exact) mass is 488 g/mol. The van der Waals surface area contributed by atoms with E-state index in [9.17, 15) is 9.90 Å². The molecule has 1 saturated heterocycles. The summed E-state index contributed by atoms with van der Waals surface area (Å²) in [6.07, 6.45) is 6.63. The molecule has 8 heteroatoms. The summed E-state index contributed by atoms with van der Waals surface area (Å²) in [6, 6.07) is 11.7. The van der Waals surface area contributed by atoms with Crippen molar-refractivity contribution in [2.75, 3.05) is 43.1 Å². The van der Waals surface area contributed by atoms with Gasteiger partial charge in [0.25, 0.3) is 0 Å². The quantitative estimate of drug-likeness (QED) is 0.436. The Morgan fingerprint density at radius 1 is 1.11 bits per heavy atom. The fraction of sp³-hybridized carbons (Fsp3) is 0.393. The maximum atomic E-state index is 13.4. The molecule has 1 aromatic carbocycles. The number of nitrogens with two attached hydrogens (primary N) is 1. The van der Waals surface area contributed by atoms with E-state index in [1.54, 1.807) is 6.20 Å². The first kappa shape index (κ1) is 25.6. The third kappa shape index (κ3) is 5.83. The van der Waals surface area contributed by atoms with E-state index in [-0.39, 0.29) is 12.0 Å². The van der Waals surface area contributed by atoms with Gasteiger partial charge in [0.1, 0.15) is 5.82 Å². The summed E-state index contributed by atoms with van der Waals surface area (Å²) in [5.74, 6) is 0.683. The summed E-state index contributed by atoms with van der Waals surface area (Å²) in [7, 11) is 4.05. The van der Waals surface area contributed by atoms with Gasteiger partial charge in [-0.05, 0) is 87.8 Å². The highest BCUT2D eigenvalue weighted by atomic mass is 16.3. The van der Waals surface area contributed by atoms with E-state index in [1.807, 2.05) is 70.7 Å². The van der Waals surface area contributed by atoms with Gasteiger partial charge in [-0.1, -0.05) is 6.07 Å². The molecule has 190 valence electrons. The van der Waals surface area contributed by atoms with Crippen LogP contribution in [0.3, 0.4) is 0 Å². The minimum Gasteiger partial charge on any atom is -0.398 e. The molecule has 0 atom stereocenters. The molecule has 4 rings (SSSR count). The van der Waals surface area contributed by atoms with Crippen LogP contribution in [-0.2, 0) is 16.8 Å². The van der Waals surface area contributed by atoms with Crippen LogP contribution in [0, 0.1) is 0 Å². The standard InChI is InChI=1S/C28H36N6O2/c1-28(2,27(36)32-22-6-8-26(31-17-22)34-11-9-23(35)10-12-34)24-14-20(5-7-25(24)29)21-13-19(15-30-16-21)18-33(3)4/h5-8,13-17,23,35H,9-12,18,29H2,1-4H3,(H,32,36). The van der Waals surface area contributed by atoms with Crippen LogP contribution in [0.5, 0.6) is 0 Å². The number of pyridine rings is 2. The molecule has 1 aliphatic heterocycles. The second-order valence-electron chi connectivity index (χ2n) is 10.3. The Balaban J connectivity index is 1.51. The number of piperidine rings is 1. The number of anilines is 3. The number of rotatable bonds is 7. The molecule has 36 heavy (non-hydrogen) atoms. The number of amides is 1. The van der Waals surface area contributed by atoms with Gasteiger partial charge >= 0.3 is 0 Å². The molecule has 4 N–H and O–H groups in total. The fourth-order valence-corrected chi connectivity index (χ4v) is 4.53. The highest BCUT2D eigenvalue weighted by Crippen LogP contribution is 2.34. The highest BCUT2D eigenvalue weighted by molar-refractivity contribution is 5.99. The van der Waals surface area contributed by atoms with Crippen molar-refractivity contribution in [1.82, 2.24) is 14.9 Å². The van der Waals surface area contributed by atoms with Crippen molar-refractivity contribution in [3.8, 4) is 11.1 Å². The van der Waals surface area contributed by atoms with Crippen molar-refractivity contribution in [1.29, 1.82) is 0 Å². The Morgan fingerprint density at radius 3 is 2.53 bits per heavy atom. The van der Waals surface area contributed by atoms with Gasteiger partial charge < -0.3 is 26.0 Å². The molecule has 0 saturated carbocycles. The summed E-state index contributed by atoms with van der Waals surface area (Å²) >= 11 is 0. The summed E-state index contributed by atoms with van der Waals surface area (Å²) in [5, 5.41) is 12.7. The molecule has 0 spiro atoms. The second kappa shape index (κ2) is 10.6. The molecule has 1 fully saturated rings. The normalized spacial score (nSPS) is 14.8. The van der Waals surface area contributed by atoms with Crippen LogP contribution in [-0.4, -0.2) is 59.2 Å². The van der Waals surface area contributed by atoms with Crippen molar-refractivity contribution >= 4 is 23.1 Å². The Hall–Kier alpha value is -3.49. The molecule has 1 amide bonds. The maximum Gasteiger partial charge on any atom is 0.234 e.